The number of aliphatic hydroxyl groups excluding tert-OH is 1. The van der Waals surface area contributed by atoms with Crippen molar-refractivity contribution < 1.29 is 9.90 Å². The van der Waals surface area contributed by atoms with Crippen LogP contribution in [0.1, 0.15) is 52.4 Å². The van der Waals surface area contributed by atoms with Crippen molar-refractivity contribution >= 4 is 5.78 Å². The van der Waals surface area contributed by atoms with Gasteiger partial charge < -0.3 is 5.11 Å². The Morgan fingerprint density at radius 2 is 2.00 bits per heavy atom. The third-order valence-corrected chi connectivity index (χ3v) is 4.04. The predicted octanol–water partition coefficient (Wildman–Crippen LogP) is 2.61. The summed E-state index contributed by atoms with van der Waals surface area (Å²) in [4.78, 5) is 11.7. The Balaban J connectivity index is 2.42. The molecule has 2 heteroatoms. The first-order valence-corrected chi connectivity index (χ1v) is 5.94. The summed E-state index contributed by atoms with van der Waals surface area (Å²) in [6.45, 7) is 3.69. The first kappa shape index (κ1) is 10.9. The molecule has 0 amide bonds. The molecule has 2 rings (SSSR count). The zero-order valence-corrected chi connectivity index (χ0v) is 9.68. The predicted molar refractivity (Wildman–Crippen MR) is 59.5 cm³/mol. The molecule has 0 aromatic heterocycles. The average molecular weight is 208 g/mol. The van der Waals surface area contributed by atoms with Crippen LogP contribution in [0.3, 0.4) is 0 Å². The van der Waals surface area contributed by atoms with Gasteiger partial charge in [0.2, 0.25) is 0 Å². The van der Waals surface area contributed by atoms with Crippen molar-refractivity contribution in [2.75, 3.05) is 0 Å². The van der Waals surface area contributed by atoms with Crippen molar-refractivity contribution in [1.29, 1.82) is 0 Å². The summed E-state index contributed by atoms with van der Waals surface area (Å²) in [6.07, 6.45) is 5.86. The smallest absolute Gasteiger partial charge is 0.156 e. The monoisotopic (exact) mass is 208 g/mol. The van der Waals surface area contributed by atoms with Crippen LogP contribution >= 0.6 is 0 Å². The summed E-state index contributed by atoms with van der Waals surface area (Å²) < 4.78 is 0. The highest BCUT2D eigenvalue weighted by Crippen LogP contribution is 2.52. The standard InChI is InChI=1S/C13H20O2/c1-9-7-11(15)8-13(5-3-4-6-13)12(9)10(2)14/h11,15H,3-8H2,1-2H3/t11-/m1/s1. The Morgan fingerprint density at radius 3 is 2.53 bits per heavy atom. The molecule has 0 aromatic rings. The first-order chi connectivity index (χ1) is 7.05. The van der Waals surface area contributed by atoms with Crippen LogP contribution in [0.4, 0.5) is 0 Å². The Kier molecular flexibility index (Phi) is 2.72. The molecule has 0 heterocycles. The number of Topliss-reactive ketones (excluding diaryl/α,β-unsaturated/α-hetero) is 1. The van der Waals surface area contributed by atoms with Crippen molar-refractivity contribution in [3.8, 4) is 0 Å². The number of allylic oxidation sites excluding steroid dienone is 1. The average Bonchev–Trinajstić information content (AvgIpc) is 2.50. The van der Waals surface area contributed by atoms with Gasteiger partial charge in [0.05, 0.1) is 6.10 Å². The molecule has 1 saturated carbocycles. The number of hydrogen-bond donors (Lipinski definition) is 1. The third kappa shape index (κ3) is 1.76. The van der Waals surface area contributed by atoms with E-state index in [4.69, 9.17) is 0 Å². The lowest BCUT2D eigenvalue weighted by Gasteiger charge is -2.38. The van der Waals surface area contributed by atoms with E-state index in [1.807, 2.05) is 6.92 Å². The molecule has 2 aliphatic carbocycles. The van der Waals surface area contributed by atoms with E-state index in [9.17, 15) is 9.90 Å². The van der Waals surface area contributed by atoms with Gasteiger partial charge in [-0.3, -0.25) is 4.79 Å². The number of rotatable bonds is 1. The Labute approximate surface area is 91.4 Å². The van der Waals surface area contributed by atoms with E-state index >= 15 is 0 Å². The summed E-state index contributed by atoms with van der Waals surface area (Å²) >= 11 is 0. The lowest BCUT2D eigenvalue weighted by Crippen LogP contribution is -2.34. The topological polar surface area (TPSA) is 37.3 Å². The fourth-order valence-electron chi connectivity index (χ4n) is 3.71. The molecule has 2 aliphatic rings. The SMILES string of the molecule is CC(=O)C1=C(C)C[C@@H](O)CC12CCCC2. The van der Waals surface area contributed by atoms with Crippen molar-refractivity contribution in [3.05, 3.63) is 11.1 Å². The second kappa shape index (κ2) is 3.75. The lowest BCUT2D eigenvalue weighted by molar-refractivity contribution is -0.115. The maximum absolute atomic E-state index is 11.7. The van der Waals surface area contributed by atoms with Gasteiger partial charge in [-0.2, -0.15) is 0 Å². The van der Waals surface area contributed by atoms with Crippen LogP contribution in [0.5, 0.6) is 0 Å². The molecule has 0 bridgehead atoms. The Hall–Kier alpha value is -0.630. The van der Waals surface area contributed by atoms with Gasteiger partial charge in [0.25, 0.3) is 0 Å². The van der Waals surface area contributed by atoms with E-state index in [0.717, 1.165) is 30.4 Å². The van der Waals surface area contributed by atoms with E-state index in [1.54, 1.807) is 6.92 Å². The normalized spacial score (nSPS) is 29.9. The first-order valence-electron chi connectivity index (χ1n) is 5.94. The van der Waals surface area contributed by atoms with Crippen molar-refractivity contribution in [3.63, 3.8) is 0 Å². The molecule has 1 atom stereocenters. The number of ketones is 1. The second-order valence-electron chi connectivity index (χ2n) is 5.26. The number of carbonyl (C=O) groups excluding carboxylic acids is 1. The number of hydrogen-bond acceptors (Lipinski definition) is 2. The van der Waals surface area contributed by atoms with Gasteiger partial charge in [-0.25, -0.2) is 0 Å². The number of carbonyl (C=O) groups is 1. The third-order valence-electron chi connectivity index (χ3n) is 4.04. The van der Waals surface area contributed by atoms with E-state index < -0.39 is 0 Å². The maximum atomic E-state index is 11.7. The molecular weight excluding hydrogens is 188 g/mol. The molecule has 2 nitrogen and oxygen atoms in total. The highest BCUT2D eigenvalue weighted by molar-refractivity contribution is 5.95. The van der Waals surface area contributed by atoms with Crippen LogP contribution in [0.2, 0.25) is 0 Å². The summed E-state index contributed by atoms with van der Waals surface area (Å²) in [5.74, 6) is 0.223. The second-order valence-corrected chi connectivity index (χ2v) is 5.26. The molecule has 84 valence electrons. The van der Waals surface area contributed by atoms with Crippen molar-refractivity contribution in [2.24, 2.45) is 5.41 Å². The fraction of sp³-hybridized carbons (Fsp3) is 0.769. The van der Waals surface area contributed by atoms with Crippen molar-refractivity contribution in [2.45, 2.75) is 58.5 Å². The van der Waals surface area contributed by atoms with E-state index in [1.165, 1.54) is 12.8 Å². The minimum Gasteiger partial charge on any atom is -0.393 e. The van der Waals surface area contributed by atoms with Crippen LogP contribution in [0.25, 0.3) is 0 Å². The minimum atomic E-state index is -0.230. The van der Waals surface area contributed by atoms with Gasteiger partial charge in [0.15, 0.2) is 5.78 Å². The van der Waals surface area contributed by atoms with Gasteiger partial charge in [-0.05, 0) is 39.5 Å². The molecule has 0 aromatic carbocycles. The number of aliphatic hydroxyl groups is 1. The molecule has 15 heavy (non-hydrogen) atoms. The largest absolute Gasteiger partial charge is 0.393 e. The molecule has 1 N–H and O–H groups in total. The van der Waals surface area contributed by atoms with Gasteiger partial charge in [-0.15, -0.1) is 0 Å². The van der Waals surface area contributed by atoms with E-state index in [0.29, 0.717) is 6.42 Å². The zero-order chi connectivity index (χ0) is 11.1. The van der Waals surface area contributed by atoms with E-state index in [-0.39, 0.29) is 17.3 Å². The molecule has 1 fully saturated rings. The highest BCUT2D eigenvalue weighted by atomic mass is 16.3. The zero-order valence-electron chi connectivity index (χ0n) is 9.68. The summed E-state index contributed by atoms with van der Waals surface area (Å²) in [7, 11) is 0. The van der Waals surface area contributed by atoms with Gasteiger partial charge in [0, 0.05) is 11.0 Å². The molecule has 0 saturated heterocycles. The molecule has 1 spiro atoms. The summed E-state index contributed by atoms with van der Waals surface area (Å²) in [5, 5.41) is 9.86. The molecular formula is C13H20O2. The van der Waals surface area contributed by atoms with Crippen LogP contribution in [-0.2, 0) is 4.79 Å². The minimum absolute atomic E-state index is 0.0353. The van der Waals surface area contributed by atoms with Gasteiger partial charge in [0.1, 0.15) is 0 Å². The van der Waals surface area contributed by atoms with Gasteiger partial charge in [-0.1, -0.05) is 18.4 Å². The lowest BCUT2D eigenvalue weighted by atomic mass is 9.66. The van der Waals surface area contributed by atoms with Crippen LogP contribution in [-0.4, -0.2) is 17.0 Å². The van der Waals surface area contributed by atoms with Crippen molar-refractivity contribution in [1.82, 2.24) is 0 Å². The van der Waals surface area contributed by atoms with Gasteiger partial charge >= 0.3 is 0 Å². The molecule has 0 radical (unpaired) electrons. The molecule has 0 aliphatic heterocycles. The van der Waals surface area contributed by atoms with Crippen LogP contribution in [0, 0.1) is 5.41 Å². The maximum Gasteiger partial charge on any atom is 0.156 e. The summed E-state index contributed by atoms with van der Waals surface area (Å²) in [6, 6.07) is 0. The van der Waals surface area contributed by atoms with Crippen LogP contribution in [0.15, 0.2) is 11.1 Å². The van der Waals surface area contributed by atoms with E-state index in [2.05, 4.69) is 0 Å². The summed E-state index contributed by atoms with van der Waals surface area (Å²) in [5.41, 5.74) is 2.21. The Bertz CT molecular complexity index is 308. The highest BCUT2D eigenvalue weighted by Gasteiger charge is 2.44. The van der Waals surface area contributed by atoms with Crippen LogP contribution < -0.4 is 0 Å². The quantitative estimate of drug-likeness (QED) is 0.719. The fourth-order valence-corrected chi connectivity index (χ4v) is 3.71. The Morgan fingerprint density at radius 1 is 1.40 bits per heavy atom. The molecule has 0 unspecified atom stereocenters.